The lowest BCUT2D eigenvalue weighted by molar-refractivity contribution is -0.274. The summed E-state index contributed by atoms with van der Waals surface area (Å²) in [6.07, 6.45) is -2.42. The predicted molar refractivity (Wildman–Crippen MR) is 122 cm³/mol. The number of nitrogens with one attached hydrogen (secondary N) is 2. The van der Waals surface area contributed by atoms with Crippen LogP contribution in [0, 0.1) is 0 Å². The van der Waals surface area contributed by atoms with E-state index in [1.165, 1.54) is 24.3 Å². The molecule has 1 heterocycles. The highest BCUT2D eigenvalue weighted by atomic mass is 19.4. The van der Waals surface area contributed by atoms with Crippen molar-refractivity contribution in [1.29, 1.82) is 0 Å². The summed E-state index contributed by atoms with van der Waals surface area (Å²) in [4.78, 5) is 17.5. The number of ether oxygens (including phenoxy) is 3. The molecule has 35 heavy (non-hydrogen) atoms. The molecule has 0 unspecified atom stereocenters. The van der Waals surface area contributed by atoms with Gasteiger partial charge >= 0.3 is 6.36 Å². The summed E-state index contributed by atoms with van der Waals surface area (Å²) >= 11 is 0. The maximum atomic E-state index is 12.9. The number of benzene rings is 2. The number of alkyl halides is 3. The average molecular weight is 493 g/mol. The van der Waals surface area contributed by atoms with Crippen molar-refractivity contribution in [3.63, 3.8) is 0 Å². The molecule has 0 aliphatic carbocycles. The zero-order chi connectivity index (χ0) is 25.3. The zero-order valence-corrected chi connectivity index (χ0v) is 18.8. The Kier molecular flexibility index (Phi) is 8.72. The van der Waals surface area contributed by atoms with Gasteiger partial charge < -0.3 is 19.3 Å². The summed E-state index contributed by atoms with van der Waals surface area (Å²) in [7, 11) is 0. The Morgan fingerprint density at radius 3 is 2.49 bits per heavy atom. The minimum absolute atomic E-state index is 0.0140. The van der Waals surface area contributed by atoms with Gasteiger partial charge in [-0.1, -0.05) is 18.2 Å². The lowest BCUT2D eigenvalue weighted by Gasteiger charge is -2.21. The van der Waals surface area contributed by atoms with Crippen molar-refractivity contribution < 1.29 is 37.3 Å². The van der Waals surface area contributed by atoms with Crippen LogP contribution in [-0.2, 0) is 16.1 Å². The number of hydrazine groups is 1. The molecule has 2 aromatic carbocycles. The number of aliphatic imine (C=N–C) groups is 1. The van der Waals surface area contributed by atoms with Crippen LogP contribution in [0.25, 0.3) is 0 Å². The highest BCUT2D eigenvalue weighted by Crippen LogP contribution is 2.27. The van der Waals surface area contributed by atoms with Crippen molar-refractivity contribution in [1.82, 2.24) is 10.9 Å². The molecule has 3 N–H and O–H groups in total. The van der Waals surface area contributed by atoms with Gasteiger partial charge in [0.25, 0.3) is 5.91 Å². The minimum Gasteiger partial charge on any atom is -0.494 e. The Morgan fingerprint density at radius 2 is 1.86 bits per heavy atom. The monoisotopic (exact) mass is 493 g/mol. The van der Waals surface area contributed by atoms with Crippen molar-refractivity contribution in [2.24, 2.45) is 4.99 Å². The van der Waals surface area contributed by atoms with E-state index in [0.717, 1.165) is 0 Å². The second-order valence-electron chi connectivity index (χ2n) is 7.68. The van der Waals surface area contributed by atoms with Gasteiger partial charge in [-0.2, -0.15) is 0 Å². The van der Waals surface area contributed by atoms with Gasteiger partial charge in [-0.15, -0.1) is 19.8 Å². The van der Waals surface area contributed by atoms with E-state index in [0.29, 0.717) is 35.8 Å². The molecule has 0 bridgehead atoms. The van der Waals surface area contributed by atoms with Crippen molar-refractivity contribution >= 4 is 11.8 Å². The molecule has 8 nitrogen and oxygen atoms in total. The Labute approximate surface area is 200 Å². The maximum absolute atomic E-state index is 12.9. The zero-order valence-electron chi connectivity index (χ0n) is 18.8. The highest BCUT2D eigenvalue weighted by molar-refractivity contribution is 6.00. The minimum atomic E-state index is -4.76. The molecule has 2 aromatic rings. The Bertz CT molecular complexity index is 1030. The summed E-state index contributed by atoms with van der Waals surface area (Å²) in [5, 5.41) is 8.83. The van der Waals surface area contributed by atoms with E-state index in [1.54, 1.807) is 30.3 Å². The van der Waals surface area contributed by atoms with E-state index in [2.05, 4.69) is 27.2 Å². The van der Waals surface area contributed by atoms with Crippen LogP contribution in [0.2, 0.25) is 0 Å². The topological polar surface area (TPSA) is 101 Å². The van der Waals surface area contributed by atoms with E-state index in [9.17, 15) is 18.0 Å². The number of hydrogen-bond acceptors (Lipinski definition) is 7. The Morgan fingerprint density at radius 1 is 1.17 bits per heavy atom. The van der Waals surface area contributed by atoms with Crippen molar-refractivity contribution in [3.8, 4) is 11.5 Å². The first kappa shape index (κ1) is 26.0. The van der Waals surface area contributed by atoms with Gasteiger partial charge in [0.2, 0.25) is 5.90 Å². The molecule has 3 rings (SSSR count). The SMILES string of the molecule is C=CC[C@@]1(C(=O)NNCc2ccc(OC(F)(F)F)cc2)COC(c2ccc(OCCCO)cc2)=N1. The van der Waals surface area contributed by atoms with E-state index in [1.807, 2.05) is 0 Å². The Hall–Kier alpha value is -3.57. The largest absolute Gasteiger partial charge is 0.573 e. The number of nitrogens with zero attached hydrogens (tertiary/aromatic N) is 1. The third-order valence-corrected chi connectivity index (χ3v) is 4.99. The van der Waals surface area contributed by atoms with Crippen LogP contribution in [0.1, 0.15) is 24.0 Å². The van der Waals surface area contributed by atoms with Crippen molar-refractivity contribution in [2.45, 2.75) is 31.3 Å². The molecular formula is C24H26F3N3O5. The molecule has 1 atom stereocenters. The smallest absolute Gasteiger partial charge is 0.494 e. The summed E-state index contributed by atoms with van der Waals surface area (Å²) in [5.41, 5.74) is 5.43. The third kappa shape index (κ3) is 7.46. The van der Waals surface area contributed by atoms with Crippen LogP contribution in [0.5, 0.6) is 11.5 Å². The van der Waals surface area contributed by atoms with Crippen LogP contribution < -0.4 is 20.3 Å². The lowest BCUT2D eigenvalue weighted by Crippen LogP contribution is -2.51. The van der Waals surface area contributed by atoms with Gasteiger partial charge in [0, 0.05) is 31.6 Å². The molecule has 0 radical (unpaired) electrons. The number of amides is 1. The van der Waals surface area contributed by atoms with Crippen molar-refractivity contribution in [2.75, 3.05) is 19.8 Å². The second kappa shape index (κ2) is 11.7. The summed E-state index contributed by atoms with van der Waals surface area (Å²) in [5.74, 6) is 0.181. The normalized spacial score (nSPS) is 17.3. The van der Waals surface area contributed by atoms with Gasteiger partial charge in [-0.3, -0.25) is 10.2 Å². The molecule has 0 saturated carbocycles. The molecule has 0 saturated heterocycles. The number of halogens is 3. The molecule has 1 amide bonds. The fourth-order valence-electron chi connectivity index (χ4n) is 3.25. The first-order valence-electron chi connectivity index (χ1n) is 10.8. The quantitative estimate of drug-likeness (QED) is 0.238. The van der Waals surface area contributed by atoms with Crippen LogP contribution in [0.15, 0.2) is 66.2 Å². The number of hydrogen-bond donors (Lipinski definition) is 3. The molecule has 1 aliphatic rings. The van der Waals surface area contributed by atoms with Crippen molar-refractivity contribution in [3.05, 3.63) is 72.3 Å². The maximum Gasteiger partial charge on any atom is 0.573 e. The highest BCUT2D eigenvalue weighted by Gasteiger charge is 2.43. The molecule has 0 spiro atoms. The number of aliphatic hydroxyl groups excluding tert-OH is 1. The van der Waals surface area contributed by atoms with Gasteiger partial charge in [0.1, 0.15) is 18.1 Å². The van der Waals surface area contributed by atoms with E-state index >= 15 is 0 Å². The molecule has 188 valence electrons. The lowest BCUT2D eigenvalue weighted by atomic mass is 9.97. The molecule has 1 aliphatic heterocycles. The van der Waals surface area contributed by atoms with Crippen LogP contribution in [-0.4, -0.2) is 48.6 Å². The van der Waals surface area contributed by atoms with Crippen LogP contribution in [0.3, 0.4) is 0 Å². The molecule has 0 aromatic heterocycles. The van der Waals surface area contributed by atoms with Gasteiger partial charge in [0.15, 0.2) is 5.54 Å². The van der Waals surface area contributed by atoms with E-state index in [4.69, 9.17) is 14.6 Å². The van der Waals surface area contributed by atoms with Gasteiger partial charge in [-0.05, 0) is 42.0 Å². The van der Waals surface area contributed by atoms with Gasteiger partial charge in [0.05, 0.1) is 6.61 Å². The predicted octanol–water partition coefficient (Wildman–Crippen LogP) is 3.26. The fraction of sp³-hybridized carbons (Fsp3) is 0.333. The molecular weight excluding hydrogens is 467 g/mol. The van der Waals surface area contributed by atoms with Crippen LogP contribution >= 0.6 is 0 Å². The number of carbonyl (C=O) groups is 1. The Balaban J connectivity index is 1.59. The third-order valence-electron chi connectivity index (χ3n) is 4.99. The summed E-state index contributed by atoms with van der Waals surface area (Å²) in [6.45, 7) is 4.33. The molecule has 11 heteroatoms. The fourth-order valence-corrected chi connectivity index (χ4v) is 3.25. The first-order chi connectivity index (χ1) is 16.7. The van der Waals surface area contributed by atoms with E-state index in [-0.39, 0.29) is 31.9 Å². The number of rotatable bonds is 12. The van der Waals surface area contributed by atoms with Gasteiger partial charge in [-0.25, -0.2) is 10.4 Å². The summed E-state index contributed by atoms with van der Waals surface area (Å²) in [6, 6.07) is 12.3. The second-order valence-corrected chi connectivity index (χ2v) is 7.68. The standard InChI is InChI=1S/C24H26F3N3O5/c1-2-12-23(16-34-21(29-23)18-6-10-19(11-7-18)33-14-3-13-31)22(32)30-28-15-17-4-8-20(9-5-17)35-24(25,26)27/h2,4-11,28,31H,1,3,12-16H2,(H,30,32)/t23-/m0/s1. The average Bonchev–Trinajstić information content (AvgIpc) is 3.25. The first-order valence-corrected chi connectivity index (χ1v) is 10.8. The summed E-state index contributed by atoms with van der Waals surface area (Å²) < 4.78 is 51.9. The van der Waals surface area contributed by atoms with Crippen LogP contribution in [0.4, 0.5) is 13.2 Å². The molecule has 0 fully saturated rings. The van der Waals surface area contributed by atoms with E-state index < -0.39 is 17.8 Å². The number of carbonyl (C=O) groups excluding carboxylic acids is 1. The number of aliphatic hydroxyl groups is 1.